The summed E-state index contributed by atoms with van der Waals surface area (Å²) in [4.78, 5) is 25.1. The van der Waals surface area contributed by atoms with Gasteiger partial charge in [-0.1, -0.05) is 17.6 Å². The van der Waals surface area contributed by atoms with Crippen LogP contribution in [0.2, 0.25) is 0 Å². The van der Waals surface area contributed by atoms with Gasteiger partial charge in [-0.05, 0) is 34.3 Å². The molecule has 2 atom stereocenters. The summed E-state index contributed by atoms with van der Waals surface area (Å²) in [5.74, 6) is 3.06. The first-order valence-electron chi connectivity index (χ1n) is 10.3. The van der Waals surface area contributed by atoms with E-state index in [0.717, 1.165) is 36.1 Å². The van der Waals surface area contributed by atoms with Crippen molar-refractivity contribution >= 4 is 40.9 Å². The molecule has 2 aromatic heterocycles. The van der Waals surface area contributed by atoms with Crippen LogP contribution in [0.4, 0.5) is 11.6 Å². The molecule has 4 rings (SSSR count). The lowest BCUT2D eigenvalue weighted by Crippen LogP contribution is -2.41. The molecule has 1 fully saturated rings. The second-order valence-electron chi connectivity index (χ2n) is 7.89. The van der Waals surface area contributed by atoms with Gasteiger partial charge in [0, 0.05) is 42.6 Å². The number of aromatic nitrogens is 2. The maximum Gasteiger partial charge on any atom is 0.177 e. The Balaban J connectivity index is 1.58. The molecule has 0 amide bonds. The maximum atomic E-state index is 11.8. The Morgan fingerprint density at radius 3 is 2.80 bits per heavy atom. The van der Waals surface area contributed by atoms with Gasteiger partial charge in [0.1, 0.15) is 13.9 Å². The molecule has 0 bridgehead atoms. The highest BCUT2D eigenvalue weighted by atomic mass is 79.9. The summed E-state index contributed by atoms with van der Waals surface area (Å²) in [6.45, 7) is 6.31. The summed E-state index contributed by atoms with van der Waals surface area (Å²) in [6, 6.07) is 3.38. The summed E-state index contributed by atoms with van der Waals surface area (Å²) in [5, 5.41) is 3.46. The topological polar surface area (TPSA) is 80.2 Å². The van der Waals surface area contributed by atoms with Crippen LogP contribution in [0.3, 0.4) is 0 Å². The number of nitroso groups, excluding NO2 is 1. The van der Waals surface area contributed by atoms with Crippen LogP contribution < -0.4 is 15.1 Å². The first-order valence-corrected chi connectivity index (χ1v) is 11.1. The van der Waals surface area contributed by atoms with E-state index >= 15 is 0 Å². The second-order valence-corrected chi connectivity index (χ2v) is 8.81. The standard InChI is InChI=1S/C20H25BBrN5O3/c1-2-13-9-26(3-4-29-12-13)10-16(25-28)11-27-19-17(5-14(21)7-23-19)30-18-6-15(22)8-24-20(18)27/h5-8,13,16H,2-4,9-12,21H2,1H3. The van der Waals surface area contributed by atoms with Crippen molar-refractivity contribution in [3.05, 3.63) is 33.9 Å². The lowest BCUT2D eigenvalue weighted by Gasteiger charge is -2.33. The smallest absolute Gasteiger partial charge is 0.177 e. The van der Waals surface area contributed by atoms with Crippen molar-refractivity contribution < 1.29 is 9.47 Å². The van der Waals surface area contributed by atoms with E-state index in [9.17, 15) is 4.91 Å². The number of pyridine rings is 2. The van der Waals surface area contributed by atoms with Gasteiger partial charge in [-0.3, -0.25) is 4.90 Å². The van der Waals surface area contributed by atoms with Crippen LogP contribution >= 0.6 is 15.9 Å². The molecule has 1 saturated heterocycles. The van der Waals surface area contributed by atoms with Crippen LogP contribution in [0, 0.1) is 10.8 Å². The number of anilines is 2. The monoisotopic (exact) mass is 473 g/mol. The average molecular weight is 474 g/mol. The largest absolute Gasteiger partial charge is 0.450 e. The molecule has 0 spiro atoms. The van der Waals surface area contributed by atoms with Crippen molar-refractivity contribution in [3.8, 4) is 11.5 Å². The van der Waals surface area contributed by atoms with E-state index in [4.69, 9.17) is 9.47 Å². The Hall–Kier alpha value is -2.04. The highest BCUT2D eigenvalue weighted by Crippen LogP contribution is 2.44. The first kappa shape index (κ1) is 21.2. The normalized spacial score (nSPS) is 19.9. The number of fused-ring (bicyclic) bond motifs is 2. The van der Waals surface area contributed by atoms with Crippen LogP contribution in [-0.2, 0) is 4.74 Å². The summed E-state index contributed by atoms with van der Waals surface area (Å²) in [6.07, 6.45) is 4.57. The zero-order valence-corrected chi connectivity index (χ0v) is 18.8. The molecule has 2 unspecified atom stereocenters. The van der Waals surface area contributed by atoms with Crippen LogP contribution in [0.25, 0.3) is 0 Å². The highest BCUT2D eigenvalue weighted by Gasteiger charge is 2.31. The van der Waals surface area contributed by atoms with Crippen molar-refractivity contribution in [1.82, 2.24) is 14.9 Å². The Morgan fingerprint density at radius 2 is 2.03 bits per heavy atom. The van der Waals surface area contributed by atoms with Crippen molar-refractivity contribution in [2.75, 3.05) is 44.3 Å². The highest BCUT2D eigenvalue weighted by molar-refractivity contribution is 9.10. The van der Waals surface area contributed by atoms with Crippen LogP contribution in [0.15, 0.2) is 34.2 Å². The van der Waals surface area contributed by atoms with Gasteiger partial charge in [0.15, 0.2) is 23.1 Å². The molecule has 2 aliphatic heterocycles. The number of ether oxygens (including phenoxy) is 2. The van der Waals surface area contributed by atoms with Crippen LogP contribution in [0.1, 0.15) is 13.3 Å². The fourth-order valence-corrected chi connectivity index (χ4v) is 4.21. The third kappa shape index (κ3) is 4.65. The van der Waals surface area contributed by atoms with Crippen molar-refractivity contribution in [3.63, 3.8) is 0 Å². The number of rotatable bonds is 6. The predicted octanol–water partition coefficient (Wildman–Crippen LogP) is 2.23. The minimum absolute atomic E-state index is 0.381. The predicted molar refractivity (Wildman–Crippen MR) is 122 cm³/mol. The molecule has 2 aliphatic rings. The van der Waals surface area contributed by atoms with E-state index in [1.165, 1.54) is 0 Å². The Labute approximate surface area is 185 Å². The van der Waals surface area contributed by atoms with Gasteiger partial charge in [-0.15, -0.1) is 0 Å². The van der Waals surface area contributed by atoms with E-state index in [1.807, 2.05) is 24.9 Å². The Bertz CT molecular complexity index is 867. The van der Waals surface area contributed by atoms with Crippen LogP contribution in [0.5, 0.6) is 11.5 Å². The Morgan fingerprint density at radius 1 is 1.27 bits per heavy atom. The number of hydrogen-bond donors (Lipinski definition) is 0. The third-order valence-electron chi connectivity index (χ3n) is 5.51. The SMILES string of the molecule is Bc1cnc2c(c1)Oc1cc(Br)cnc1N2CC(CN1CCOCC(CC)C1)N=O. The molecule has 2 aromatic rings. The lowest BCUT2D eigenvalue weighted by atomic mass is 9.98. The second kappa shape index (κ2) is 9.41. The zero-order chi connectivity index (χ0) is 21.1. The van der Waals surface area contributed by atoms with E-state index in [-0.39, 0.29) is 0 Å². The molecular weight excluding hydrogens is 449 g/mol. The molecule has 30 heavy (non-hydrogen) atoms. The van der Waals surface area contributed by atoms with E-state index in [2.05, 4.69) is 42.9 Å². The van der Waals surface area contributed by atoms with Gasteiger partial charge in [0.2, 0.25) is 0 Å². The average Bonchev–Trinajstić information content (AvgIpc) is 2.97. The van der Waals surface area contributed by atoms with Gasteiger partial charge in [0.05, 0.1) is 19.8 Å². The van der Waals surface area contributed by atoms with Gasteiger partial charge in [0.25, 0.3) is 0 Å². The fourth-order valence-electron chi connectivity index (χ4n) is 3.89. The molecule has 8 nitrogen and oxygen atoms in total. The van der Waals surface area contributed by atoms with Crippen LogP contribution in [-0.4, -0.2) is 68.1 Å². The summed E-state index contributed by atoms with van der Waals surface area (Å²) in [5.41, 5.74) is 1.00. The third-order valence-corrected chi connectivity index (χ3v) is 5.94. The molecule has 0 aromatic carbocycles. The number of hydrogen-bond acceptors (Lipinski definition) is 8. The molecule has 10 heteroatoms. The van der Waals surface area contributed by atoms with Gasteiger partial charge in [-0.2, -0.15) is 4.91 Å². The molecule has 0 saturated carbocycles. The van der Waals surface area contributed by atoms with E-state index < -0.39 is 6.04 Å². The number of nitrogens with zero attached hydrogens (tertiary/aromatic N) is 5. The minimum Gasteiger partial charge on any atom is -0.450 e. The van der Waals surface area contributed by atoms with E-state index in [1.54, 1.807) is 12.4 Å². The fraction of sp³-hybridized carbons (Fsp3) is 0.500. The molecule has 0 radical (unpaired) electrons. The molecular formula is C20H25BBrN5O3. The molecule has 4 heterocycles. The summed E-state index contributed by atoms with van der Waals surface area (Å²) in [7, 11) is 1.97. The van der Waals surface area contributed by atoms with Crippen molar-refractivity contribution in [2.24, 2.45) is 11.1 Å². The quantitative estimate of drug-likeness (QED) is 0.470. The maximum absolute atomic E-state index is 11.8. The van der Waals surface area contributed by atoms with Crippen molar-refractivity contribution in [2.45, 2.75) is 19.4 Å². The number of halogens is 1. The van der Waals surface area contributed by atoms with E-state index in [0.29, 0.717) is 48.7 Å². The zero-order valence-electron chi connectivity index (χ0n) is 17.3. The lowest BCUT2D eigenvalue weighted by molar-refractivity contribution is 0.121. The van der Waals surface area contributed by atoms with Crippen molar-refractivity contribution in [1.29, 1.82) is 0 Å². The van der Waals surface area contributed by atoms with Gasteiger partial charge in [-0.25, -0.2) is 9.97 Å². The molecule has 0 aliphatic carbocycles. The minimum atomic E-state index is -0.437. The summed E-state index contributed by atoms with van der Waals surface area (Å²) < 4.78 is 12.6. The summed E-state index contributed by atoms with van der Waals surface area (Å²) >= 11 is 3.45. The molecule has 0 N–H and O–H groups in total. The molecule has 158 valence electrons. The Kier molecular flexibility index (Phi) is 6.65. The van der Waals surface area contributed by atoms with Gasteiger partial charge < -0.3 is 14.4 Å². The first-order chi connectivity index (χ1) is 14.6. The van der Waals surface area contributed by atoms with Gasteiger partial charge >= 0.3 is 0 Å².